The summed E-state index contributed by atoms with van der Waals surface area (Å²) in [5.41, 5.74) is 1.70. The van der Waals surface area contributed by atoms with Gasteiger partial charge in [0.2, 0.25) is 0 Å². The molecule has 20 heavy (non-hydrogen) atoms. The predicted octanol–water partition coefficient (Wildman–Crippen LogP) is 2.23. The zero-order valence-electron chi connectivity index (χ0n) is 10.4. The minimum Gasteiger partial charge on any atom is -0.305 e. The summed E-state index contributed by atoms with van der Waals surface area (Å²) in [5, 5.41) is 0.762. The number of H-pyrrole nitrogens is 1. The number of aromatic amines is 1. The molecule has 4 heterocycles. The van der Waals surface area contributed by atoms with Crippen molar-refractivity contribution in [2.75, 3.05) is 5.75 Å². The number of aryl methyl sites for hydroxylation is 1. The normalized spacial score (nSPS) is 14.4. The van der Waals surface area contributed by atoms with E-state index in [0.29, 0.717) is 11.5 Å². The van der Waals surface area contributed by atoms with Crippen molar-refractivity contribution in [1.82, 2.24) is 19.9 Å². The summed E-state index contributed by atoms with van der Waals surface area (Å²) < 4.78 is 0. The third kappa shape index (κ3) is 1.85. The molecule has 0 amide bonds. The quantitative estimate of drug-likeness (QED) is 0.746. The first-order valence-corrected chi connectivity index (χ1v) is 8.19. The summed E-state index contributed by atoms with van der Waals surface area (Å²) in [6.45, 7) is 0. The third-order valence-electron chi connectivity index (χ3n) is 3.28. The van der Waals surface area contributed by atoms with E-state index in [9.17, 15) is 4.79 Å². The van der Waals surface area contributed by atoms with Gasteiger partial charge in [0.05, 0.1) is 11.6 Å². The van der Waals surface area contributed by atoms with Gasteiger partial charge >= 0.3 is 0 Å². The van der Waals surface area contributed by atoms with E-state index in [2.05, 4.69) is 19.9 Å². The number of hydrogen-bond donors (Lipinski definition) is 1. The molecule has 0 aromatic carbocycles. The lowest BCUT2D eigenvalue weighted by atomic mass is 10.1. The molecule has 3 aromatic heterocycles. The number of thioether (sulfide) groups is 1. The van der Waals surface area contributed by atoms with Crippen LogP contribution in [-0.4, -0.2) is 25.7 Å². The van der Waals surface area contributed by atoms with Crippen LogP contribution in [0.1, 0.15) is 10.4 Å². The SMILES string of the molecule is O=c1[nH]c(-c2cnccn2)nc2sc3c(c12)CCSC3. The molecule has 1 aliphatic heterocycles. The highest BCUT2D eigenvalue weighted by Crippen LogP contribution is 2.35. The predicted molar refractivity (Wildman–Crippen MR) is 81.1 cm³/mol. The summed E-state index contributed by atoms with van der Waals surface area (Å²) in [5.74, 6) is 2.54. The second-order valence-electron chi connectivity index (χ2n) is 4.49. The van der Waals surface area contributed by atoms with Crippen molar-refractivity contribution >= 4 is 33.3 Å². The van der Waals surface area contributed by atoms with Gasteiger partial charge in [0.15, 0.2) is 5.82 Å². The zero-order valence-corrected chi connectivity index (χ0v) is 12.1. The number of nitrogens with one attached hydrogen (secondary N) is 1. The summed E-state index contributed by atoms with van der Waals surface area (Å²) >= 11 is 3.53. The van der Waals surface area contributed by atoms with Gasteiger partial charge in [0.1, 0.15) is 10.5 Å². The fourth-order valence-corrected chi connectivity index (χ4v) is 4.73. The number of thiophene rings is 1. The van der Waals surface area contributed by atoms with Gasteiger partial charge < -0.3 is 4.98 Å². The first-order valence-electron chi connectivity index (χ1n) is 6.21. The van der Waals surface area contributed by atoms with Crippen LogP contribution in [0.5, 0.6) is 0 Å². The Hall–Kier alpha value is -1.73. The van der Waals surface area contributed by atoms with E-state index in [1.807, 2.05) is 11.8 Å². The van der Waals surface area contributed by atoms with Crippen LogP contribution in [0.3, 0.4) is 0 Å². The number of aromatic nitrogens is 4. The van der Waals surface area contributed by atoms with E-state index in [0.717, 1.165) is 28.1 Å². The molecule has 5 nitrogen and oxygen atoms in total. The molecule has 4 rings (SSSR count). The van der Waals surface area contributed by atoms with Crippen molar-refractivity contribution < 1.29 is 0 Å². The average molecular weight is 302 g/mol. The van der Waals surface area contributed by atoms with Gasteiger partial charge in [-0.3, -0.25) is 9.78 Å². The lowest BCUT2D eigenvalue weighted by molar-refractivity contribution is 1.10. The first-order chi connectivity index (χ1) is 9.83. The van der Waals surface area contributed by atoms with Gasteiger partial charge in [-0.05, 0) is 17.7 Å². The smallest absolute Gasteiger partial charge is 0.260 e. The lowest BCUT2D eigenvalue weighted by Gasteiger charge is -2.09. The minimum absolute atomic E-state index is 0.0694. The Balaban J connectivity index is 1.97. The molecule has 0 saturated carbocycles. The fourth-order valence-electron chi connectivity index (χ4n) is 2.37. The molecule has 0 bridgehead atoms. The third-order valence-corrected chi connectivity index (χ3v) is 5.57. The summed E-state index contributed by atoms with van der Waals surface area (Å²) in [4.78, 5) is 30.0. The molecule has 0 atom stereocenters. The maximum absolute atomic E-state index is 12.4. The largest absolute Gasteiger partial charge is 0.305 e. The molecule has 3 aromatic rings. The number of fused-ring (bicyclic) bond motifs is 3. The Labute approximate surface area is 122 Å². The van der Waals surface area contributed by atoms with E-state index in [1.165, 1.54) is 10.4 Å². The Kier molecular flexibility index (Phi) is 2.82. The Morgan fingerprint density at radius 3 is 3.10 bits per heavy atom. The minimum atomic E-state index is -0.0694. The van der Waals surface area contributed by atoms with Crippen LogP contribution < -0.4 is 5.56 Å². The maximum atomic E-state index is 12.4. The maximum Gasteiger partial charge on any atom is 0.260 e. The van der Waals surface area contributed by atoms with E-state index in [-0.39, 0.29) is 5.56 Å². The van der Waals surface area contributed by atoms with Crippen LogP contribution in [0, 0.1) is 0 Å². The van der Waals surface area contributed by atoms with Crippen LogP contribution in [0.2, 0.25) is 0 Å². The molecule has 0 radical (unpaired) electrons. The van der Waals surface area contributed by atoms with Gasteiger partial charge in [0, 0.05) is 23.0 Å². The van der Waals surface area contributed by atoms with E-state index < -0.39 is 0 Å². The molecular formula is C13H10N4OS2. The molecular weight excluding hydrogens is 292 g/mol. The van der Waals surface area contributed by atoms with Crippen molar-refractivity contribution in [3.63, 3.8) is 0 Å². The van der Waals surface area contributed by atoms with Gasteiger partial charge in [-0.1, -0.05) is 0 Å². The highest BCUT2D eigenvalue weighted by atomic mass is 32.2. The second kappa shape index (κ2) is 4.68. The Morgan fingerprint density at radius 2 is 2.25 bits per heavy atom. The summed E-state index contributed by atoms with van der Waals surface area (Å²) in [7, 11) is 0. The van der Waals surface area contributed by atoms with Crippen molar-refractivity contribution in [2.24, 2.45) is 0 Å². The zero-order chi connectivity index (χ0) is 13.5. The molecule has 7 heteroatoms. The Morgan fingerprint density at radius 1 is 1.30 bits per heavy atom. The molecule has 0 spiro atoms. The summed E-state index contributed by atoms with van der Waals surface area (Å²) in [6.07, 6.45) is 5.75. The molecule has 0 aliphatic carbocycles. The van der Waals surface area contributed by atoms with Crippen LogP contribution in [0.4, 0.5) is 0 Å². The fraction of sp³-hybridized carbons (Fsp3) is 0.231. The topological polar surface area (TPSA) is 71.5 Å². The summed E-state index contributed by atoms with van der Waals surface area (Å²) in [6, 6.07) is 0. The van der Waals surface area contributed by atoms with Gasteiger partial charge in [-0.15, -0.1) is 11.3 Å². The van der Waals surface area contributed by atoms with Crippen LogP contribution >= 0.6 is 23.1 Å². The monoisotopic (exact) mass is 302 g/mol. The molecule has 100 valence electrons. The van der Waals surface area contributed by atoms with Crippen molar-refractivity contribution in [3.8, 4) is 11.5 Å². The van der Waals surface area contributed by atoms with Gasteiger partial charge in [0.25, 0.3) is 5.56 Å². The molecule has 0 fully saturated rings. The molecule has 0 saturated heterocycles. The van der Waals surface area contributed by atoms with Gasteiger partial charge in [-0.2, -0.15) is 11.8 Å². The number of nitrogens with zero attached hydrogens (tertiary/aromatic N) is 3. The Bertz CT molecular complexity index is 841. The van der Waals surface area contributed by atoms with Crippen molar-refractivity contribution in [3.05, 3.63) is 39.4 Å². The number of hydrogen-bond acceptors (Lipinski definition) is 6. The average Bonchev–Trinajstić information content (AvgIpc) is 2.87. The lowest BCUT2D eigenvalue weighted by Crippen LogP contribution is -2.11. The van der Waals surface area contributed by atoms with Crippen LogP contribution in [-0.2, 0) is 12.2 Å². The number of rotatable bonds is 1. The molecule has 0 unspecified atom stereocenters. The van der Waals surface area contributed by atoms with Crippen LogP contribution in [0.25, 0.3) is 21.7 Å². The van der Waals surface area contributed by atoms with E-state index in [4.69, 9.17) is 0 Å². The highest BCUT2D eigenvalue weighted by Gasteiger charge is 2.20. The van der Waals surface area contributed by atoms with E-state index in [1.54, 1.807) is 29.9 Å². The van der Waals surface area contributed by atoms with Gasteiger partial charge in [-0.25, -0.2) is 9.97 Å². The second-order valence-corrected chi connectivity index (χ2v) is 6.68. The van der Waals surface area contributed by atoms with Crippen molar-refractivity contribution in [1.29, 1.82) is 0 Å². The highest BCUT2D eigenvalue weighted by molar-refractivity contribution is 7.98. The van der Waals surface area contributed by atoms with E-state index >= 15 is 0 Å². The molecule has 1 N–H and O–H groups in total. The van der Waals surface area contributed by atoms with Crippen LogP contribution in [0.15, 0.2) is 23.4 Å². The van der Waals surface area contributed by atoms with Crippen molar-refractivity contribution in [2.45, 2.75) is 12.2 Å². The standard InChI is InChI=1S/C13H10N4OS2/c18-12-10-7-1-4-19-6-9(7)20-13(10)17-11(16-12)8-5-14-2-3-15-8/h2-3,5H,1,4,6H2,(H,16,17,18). The first kappa shape index (κ1) is 12.0. The molecule has 1 aliphatic rings.